The van der Waals surface area contributed by atoms with E-state index >= 15 is 0 Å². The van der Waals surface area contributed by atoms with E-state index in [2.05, 4.69) is 0 Å². The van der Waals surface area contributed by atoms with E-state index in [0.29, 0.717) is 17.8 Å². The summed E-state index contributed by atoms with van der Waals surface area (Å²) in [6.07, 6.45) is 0.415. The van der Waals surface area contributed by atoms with Crippen LogP contribution in [0.4, 0.5) is 0 Å². The molecule has 1 N–H and O–H groups in total. The summed E-state index contributed by atoms with van der Waals surface area (Å²) in [6, 6.07) is 2.40. The predicted octanol–water partition coefficient (Wildman–Crippen LogP) is 0.616. The van der Waals surface area contributed by atoms with Crippen LogP contribution in [-0.4, -0.2) is 40.3 Å². The normalized spacial score (nSPS) is 19.0. The Hall–Kier alpha value is -1.69. The van der Waals surface area contributed by atoms with Crippen LogP contribution in [-0.2, 0) is 9.59 Å². The Balaban J connectivity index is 2.09. The summed E-state index contributed by atoms with van der Waals surface area (Å²) in [5, 5.41) is 10.5. The van der Waals surface area contributed by atoms with Gasteiger partial charge in [-0.25, -0.2) is 4.79 Å². The lowest BCUT2D eigenvalue weighted by atomic mass is 10.0. The number of amides is 1. The van der Waals surface area contributed by atoms with Gasteiger partial charge in [0.2, 0.25) is 0 Å². The van der Waals surface area contributed by atoms with Crippen LogP contribution in [0.1, 0.15) is 16.1 Å². The molecule has 0 aromatic carbocycles. The van der Waals surface area contributed by atoms with Crippen LogP contribution in [0.3, 0.4) is 0 Å². The Bertz CT molecular complexity index is 440. The molecule has 0 radical (unpaired) electrons. The maximum absolute atomic E-state index is 11.7. The van der Waals surface area contributed by atoms with Gasteiger partial charge in [-0.1, -0.05) is 6.07 Å². The lowest BCUT2D eigenvalue weighted by Gasteiger charge is -2.37. The molecule has 1 fully saturated rings. The van der Waals surface area contributed by atoms with E-state index < -0.39 is 23.7 Å². The van der Waals surface area contributed by atoms with Crippen molar-refractivity contribution < 1.29 is 19.5 Å². The zero-order valence-corrected chi connectivity index (χ0v) is 9.07. The molecule has 2 rings (SSSR count). The predicted molar refractivity (Wildman–Crippen MR) is 56.4 cm³/mol. The van der Waals surface area contributed by atoms with Crippen LogP contribution < -0.4 is 0 Å². The molecule has 1 aliphatic heterocycles. The Morgan fingerprint density at radius 2 is 2.19 bits per heavy atom. The summed E-state index contributed by atoms with van der Waals surface area (Å²) in [5.41, 5.74) is 0. The SMILES string of the molecule is O=C(C(=O)N1CC[C@H]1C(=O)O)c1cccs1. The molecule has 84 valence electrons. The van der Waals surface area contributed by atoms with Crippen LogP contribution >= 0.6 is 11.3 Å². The third kappa shape index (κ3) is 1.71. The van der Waals surface area contributed by atoms with E-state index in [1.165, 1.54) is 11.3 Å². The molecular weight excluding hydrogens is 230 g/mol. The number of aliphatic carboxylic acids is 1. The zero-order valence-electron chi connectivity index (χ0n) is 8.25. The molecule has 1 atom stereocenters. The summed E-state index contributed by atoms with van der Waals surface area (Å²) in [7, 11) is 0. The van der Waals surface area contributed by atoms with Crippen LogP contribution in [0.5, 0.6) is 0 Å². The van der Waals surface area contributed by atoms with Gasteiger partial charge in [-0.2, -0.15) is 0 Å². The van der Waals surface area contributed by atoms with Crippen molar-refractivity contribution in [2.24, 2.45) is 0 Å². The number of carboxylic acids is 1. The molecule has 1 aliphatic rings. The number of hydrogen-bond donors (Lipinski definition) is 1. The molecule has 0 unspecified atom stereocenters. The number of hydrogen-bond acceptors (Lipinski definition) is 4. The molecule has 0 aliphatic carbocycles. The second kappa shape index (κ2) is 4.05. The second-order valence-electron chi connectivity index (χ2n) is 3.45. The lowest BCUT2D eigenvalue weighted by Crippen LogP contribution is -2.56. The molecular formula is C10H9NO4S. The largest absolute Gasteiger partial charge is 0.480 e. The number of nitrogens with zero attached hydrogens (tertiary/aromatic N) is 1. The standard InChI is InChI=1S/C10H9NO4S/c12-8(7-2-1-5-16-7)9(13)11-4-3-6(11)10(14)15/h1-2,5-6H,3-4H2,(H,14,15)/t6-/m0/s1. The third-order valence-electron chi connectivity index (χ3n) is 2.50. The Morgan fingerprint density at radius 3 is 2.62 bits per heavy atom. The van der Waals surface area contributed by atoms with E-state index in [0.717, 1.165) is 4.90 Å². The molecule has 0 bridgehead atoms. The van der Waals surface area contributed by atoms with Gasteiger partial charge in [0.15, 0.2) is 0 Å². The van der Waals surface area contributed by atoms with Crippen LogP contribution in [0.15, 0.2) is 17.5 Å². The second-order valence-corrected chi connectivity index (χ2v) is 4.40. The molecule has 1 aromatic rings. The molecule has 16 heavy (non-hydrogen) atoms. The van der Waals surface area contributed by atoms with Crippen LogP contribution in [0.2, 0.25) is 0 Å². The van der Waals surface area contributed by atoms with Gasteiger partial charge in [-0.05, 0) is 17.9 Å². The number of ketones is 1. The number of Topliss-reactive ketones (excluding diaryl/α,β-unsaturated/α-hetero) is 1. The Morgan fingerprint density at radius 1 is 1.44 bits per heavy atom. The highest BCUT2D eigenvalue weighted by Crippen LogP contribution is 2.20. The van der Waals surface area contributed by atoms with Gasteiger partial charge in [-0.3, -0.25) is 9.59 Å². The van der Waals surface area contributed by atoms with Crippen molar-refractivity contribution in [3.8, 4) is 0 Å². The fourth-order valence-corrected chi connectivity index (χ4v) is 2.19. The summed E-state index contributed by atoms with van der Waals surface area (Å²) < 4.78 is 0. The average molecular weight is 239 g/mol. The van der Waals surface area contributed by atoms with Crippen molar-refractivity contribution in [3.63, 3.8) is 0 Å². The topological polar surface area (TPSA) is 74.7 Å². The molecule has 5 nitrogen and oxygen atoms in total. The van der Waals surface area contributed by atoms with Gasteiger partial charge >= 0.3 is 5.97 Å². The van der Waals surface area contributed by atoms with Gasteiger partial charge < -0.3 is 10.0 Å². The van der Waals surface area contributed by atoms with Crippen LogP contribution in [0, 0.1) is 0 Å². The van der Waals surface area contributed by atoms with Crippen molar-refractivity contribution in [1.82, 2.24) is 4.90 Å². The monoisotopic (exact) mass is 239 g/mol. The number of thiophene rings is 1. The summed E-state index contributed by atoms with van der Waals surface area (Å²) in [4.78, 5) is 35.4. The minimum atomic E-state index is -1.06. The highest BCUT2D eigenvalue weighted by atomic mass is 32.1. The molecule has 1 saturated heterocycles. The van der Waals surface area contributed by atoms with Gasteiger partial charge in [-0.15, -0.1) is 11.3 Å². The van der Waals surface area contributed by atoms with E-state index in [-0.39, 0.29) is 0 Å². The first-order chi connectivity index (χ1) is 7.61. The fraction of sp³-hybridized carbons (Fsp3) is 0.300. The summed E-state index contributed by atoms with van der Waals surface area (Å²) in [5.74, 6) is -2.40. The minimum absolute atomic E-state index is 0.340. The molecule has 0 saturated carbocycles. The molecule has 6 heteroatoms. The number of carbonyl (C=O) groups is 3. The number of rotatable bonds is 3. The minimum Gasteiger partial charge on any atom is -0.480 e. The van der Waals surface area contributed by atoms with Gasteiger partial charge in [0.05, 0.1) is 4.88 Å². The first kappa shape index (κ1) is 10.8. The zero-order chi connectivity index (χ0) is 11.7. The Kier molecular flexibility index (Phi) is 2.74. The van der Waals surface area contributed by atoms with E-state index in [1.54, 1.807) is 17.5 Å². The van der Waals surface area contributed by atoms with Crippen LogP contribution in [0.25, 0.3) is 0 Å². The average Bonchev–Trinajstić information content (AvgIpc) is 2.66. The molecule has 1 amide bonds. The Labute approximate surface area is 95.3 Å². The lowest BCUT2D eigenvalue weighted by molar-refractivity contribution is -0.154. The smallest absolute Gasteiger partial charge is 0.326 e. The highest BCUT2D eigenvalue weighted by Gasteiger charge is 2.40. The summed E-state index contributed by atoms with van der Waals surface area (Å²) in [6.45, 7) is 0.340. The maximum Gasteiger partial charge on any atom is 0.326 e. The first-order valence-corrected chi connectivity index (χ1v) is 5.61. The van der Waals surface area contributed by atoms with Crippen molar-refractivity contribution in [2.75, 3.05) is 6.54 Å². The van der Waals surface area contributed by atoms with E-state index in [1.807, 2.05) is 0 Å². The fourth-order valence-electron chi connectivity index (χ4n) is 1.53. The van der Waals surface area contributed by atoms with E-state index in [9.17, 15) is 14.4 Å². The van der Waals surface area contributed by atoms with Gasteiger partial charge in [0, 0.05) is 6.54 Å². The molecule has 0 spiro atoms. The third-order valence-corrected chi connectivity index (χ3v) is 3.37. The summed E-state index contributed by atoms with van der Waals surface area (Å²) >= 11 is 1.18. The van der Waals surface area contributed by atoms with Crippen molar-refractivity contribution >= 4 is 29.0 Å². The molecule has 2 heterocycles. The highest BCUT2D eigenvalue weighted by molar-refractivity contribution is 7.13. The van der Waals surface area contributed by atoms with Crippen molar-refractivity contribution in [2.45, 2.75) is 12.5 Å². The number of carboxylic acid groups (broad SMARTS) is 1. The quantitative estimate of drug-likeness (QED) is 0.619. The maximum atomic E-state index is 11.7. The van der Waals surface area contributed by atoms with Crippen molar-refractivity contribution in [1.29, 1.82) is 0 Å². The number of carbonyl (C=O) groups excluding carboxylic acids is 2. The number of likely N-dealkylation sites (tertiary alicyclic amines) is 1. The van der Waals surface area contributed by atoms with E-state index in [4.69, 9.17) is 5.11 Å². The van der Waals surface area contributed by atoms with Gasteiger partial charge in [0.25, 0.3) is 11.7 Å². The first-order valence-electron chi connectivity index (χ1n) is 4.73. The van der Waals surface area contributed by atoms with Crippen molar-refractivity contribution in [3.05, 3.63) is 22.4 Å². The molecule has 1 aromatic heterocycles. The van der Waals surface area contributed by atoms with Gasteiger partial charge in [0.1, 0.15) is 6.04 Å².